The molecule has 0 saturated heterocycles. The van der Waals surface area contributed by atoms with Crippen molar-refractivity contribution in [2.45, 2.75) is 20.8 Å². The summed E-state index contributed by atoms with van der Waals surface area (Å²) in [5, 5.41) is 0.847. The zero-order valence-corrected chi connectivity index (χ0v) is 9.89. The first kappa shape index (κ1) is 11.9. The van der Waals surface area contributed by atoms with Gasteiger partial charge < -0.3 is 4.90 Å². The first-order valence-corrected chi connectivity index (χ1v) is 5.43. The molecule has 1 atom stereocenters. The minimum atomic E-state index is 0.133. The zero-order chi connectivity index (χ0) is 9.72. The number of halogens is 1. The van der Waals surface area contributed by atoms with Crippen molar-refractivity contribution in [2.24, 2.45) is 11.8 Å². The van der Waals surface area contributed by atoms with Gasteiger partial charge in [-0.2, -0.15) is 0 Å². The van der Waals surface area contributed by atoms with E-state index < -0.39 is 0 Å². The van der Waals surface area contributed by atoms with E-state index in [1.54, 1.807) is 4.90 Å². The Kier molecular flexibility index (Phi) is 5.55. The number of carbonyl (C=O) groups is 1. The summed E-state index contributed by atoms with van der Waals surface area (Å²) < 4.78 is 0. The maximum absolute atomic E-state index is 11.6. The van der Waals surface area contributed by atoms with Gasteiger partial charge >= 0.3 is 0 Å². The van der Waals surface area contributed by atoms with Crippen LogP contribution in [0.3, 0.4) is 0 Å². The van der Waals surface area contributed by atoms with Crippen molar-refractivity contribution < 1.29 is 4.79 Å². The fraction of sp³-hybridized carbons (Fsp3) is 0.889. The quantitative estimate of drug-likeness (QED) is 0.685. The van der Waals surface area contributed by atoms with Gasteiger partial charge in [0.05, 0.1) is 0 Å². The Morgan fingerprint density at radius 1 is 1.42 bits per heavy atom. The summed E-state index contributed by atoms with van der Waals surface area (Å²) in [7, 11) is 1.85. The molecule has 2 nitrogen and oxygen atoms in total. The molecule has 0 N–H and O–H groups in total. The molecule has 0 aliphatic carbocycles. The van der Waals surface area contributed by atoms with E-state index in [0.29, 0.717) is 5.92 Å². The lowest BCUT2D eigenvalue weighted by Crippen LogP contribution is -2.35. The Bertz CT molecular complexity index is 147. The van der Waals surface area contributed by atoms with Crippen molar-refractivity contribution in [3.05, 3.63) is 0 Å². The highest BCUT2D eigenvalue weighted by atomic mass is 79.9. The standard InChI is InChI=1S/C9H18BrNO/c1-7(2)8(3)9(12)11(4)6-5-10/h7-8H,5-6H2,1-4H3. The van der Waals surface area contributed by atoms with E-state index in [1.807, 2.05) is 14.0 Å². The van der Waals surface area contributed by atoms with Gasteiger partial charge in [-0.1, -0.05) is 36.7 Å². The molecule has 0 spiro atoms. The zero-order valence-electron chi connectivity index (χ0n) is 8.30. The van der Waals surface area contributed by atoms with Crippen LogP contribution in [-0.2, 0) is 4.79 Å². The Labute approximate surface area is 83.4 Å². The summed E-state index contributed by atoms with van der Waals surface area (Å²) >= 11 is 3.31. The molecule has 0 aromatic rings. The van der Waals surface area contributed by atoms with Crippen molar-refractivity contribution in [3.63, 3.8) is 0 Å². The molecule has 12 heavy (non-hydrogen) atoms. The molecule has 0 aliphatic heterocycles. The van der Waals surface area contributed by atoms with E-state index in [9.17, 15) is 4.79 Å². The average Bonchev–Trinajstić information content (AvgIpc) is 2.02. The lowest BCUT2D eigenvalue weighted by Gasteiger charge is -2.22. The van der Waals surface area contributed by atoms with Crippen LogP contribution in [0.2, 0.25) is 0 Å². The van der Waals surface area contributed by atoms with Gasteiger partial charge in [-0.25, -0.2) is 0 Å². The van der Waals surface area contributed by atoms with Crippen LogP contribution in [0, 0.1) is 11.8 Å². The molecule has 0 aromatic heterocycles. The predicted molar refractivity (Wildman–Crippen MR) is 55.4 cm³/mol. The second-order valence-corrected chi connectivity index (χ2v) is 4.27. The maximum Gasteiger partial charge on any atom is 0.225 e. The molecule has 0 saturated carbocycles. The summed E-state index contributed by atoms with van der Waals surface area (Å²) in [6.07, 6.45) is 0. The van der Waals surface area contributed by atoms with Crippen LogP contribution in [0.25, 0.3) is 0 Å². The van der Waals surface area contributed by atoms with Crippen molar-refractivity contribution in [1.82, 2.24) is 4.90 Å². The molecule has 0 aromatic carbocycles. The summed E-state index contributed by atoms with van der Waals surface area (Å²) in [6.45, 7) is 6.92. The molecule has 0 aliphatic rings. The minimum absolute atomic E-state index is 0.133. The van der Waals surface area contributed by atoms with Crippen LogP contribution < -0.4 is 0 Å². The maximum atomic E-state index is 11.6. The van der Waals surface area contributed by atoms with E-state index in [2.05, 4.69) is 29.8 Å². The second kappa shape index (κ2) is 5.57. The van der Waals surface area contributed by atoms with Crippen molar-refractivity contribution >= 4 is 21.8 Å². The van der Waals surface area contributed by atoms with E-state index >= 15 is 0 Å². The van der Waals surface area contributed by atoms with Crippen LogP contribution in [-0.4, -0.2) is 29.7 Å². The Hall–Kier alpha value is -0.0500. The number of carbonyl (C=O) groups excluding carboxylic acids is 1. The Morgan fingerprint density at radius 2 is 1.92 bits per heavy atom. The van der Waals surface area contributed by atoms with Gasteiger partial charge in [-0.3, -0.25) is 4.79 Å². The molecular weight excluding hydrogens is 218 g/mol. The van der Waals surface area contributed by atoms with E-state index in [0.717, 1.165) is 11.9 Å². The van der Waals surface area contributed by atoms with Gasteiger partial charge in [0.25, 0.3) is 0 Å². The van der Waals surface area contributed by atoms with Gasteiger partial charge in [0, 0.05) is 24.8 Å². The summed E-state index contributed by atoms with van der Waals surface area (Å²) in [5.74, 6) is 0.800. The molecule has 0 heterocycles. The van der Waals surface area contributed by atoms with Crippen molar-refractivity contribution in [1.29, 1.82) is 0 Å². The third-order valence-corrected chi connectivity index (χ3v) is 2.54. The van der Waals surface area contributed by atoms with E-state index in [-0.39, 0.29) is 11.8 Å². The van der Waals surface area contributed by atoms with Crippen molar-refractivity contribution in [3.8, 4) is 0 Å². The lowest BCUT2D eigenvalue weighted by molar-refractivity contribution is -0.134. The average molecular weight is 236 g/mol. The molecule has 1 amide bonds. The number of alkyl halides is 1. The molecule has 3 heteroatoms. The smallest absolute Gasteiger partial charge is 0.225 e. The Morgan fingerprint density at radius 3 is 2.25 bits per heavy atom. The van der Waals surface area contributed by atoms with Crippen LogP contribution in [0.15, 0.2) is 0 Å². The number of rotatable bonds is 4. The highest BCUT2D eigenvalue weighted by molar-refractivity contribution is 9.09. The third-order valence-electron chi connectivity index (χ3n) is 2.19. The number of amides is 1. The number of nitrogens with zero attached hydrogens (tertiary/aromatic N) is 1. The highest BCUT2D eigenvalue weighted by Gasteiger charge is 2.19. The molecular formula is C9H18BrNO. The Balaban J connectivity index is 4.00. The van der Waals surface area contributed by atoms with Crippen LogP contribution in [0.1, 0.15) is 20.8 Å². The van der Waals surface area contributed by atoms with E-state index in [1.165, 1.54) is 0 Å². The first-order chi connectivity index (χ1) is 5.50. The fourth-order valence-electron chi connectivity index (χ4n) is 0.870. The van der Waals surface area contributed by atoms with Crippen LogP contribution in [0.5, 0.6) is 0 Å². The molecule has 0 rings (SSSR count). The highest BCUT2D eigenvalue weighted by Crippen LogP contribution is 2.12. The summed E-state index contributed by atoms with van der Waals surface area (Å²) in [5.41, 5.74) is 0. The molecule has 0 radical (unpaired) electrons. The van der Waals surface area contributed by atoms with E-state index in [4.69, 9.17) is 0 Å². The summed E-state index contributed by atoms with van der Waals surface area (Å²) in [6, 6.07) is 0. The lowest BCUT2D eigenvalue weighted by atomic mass is 9.97. The summed E-state index contributed by atoms with van der Waals surface area (Å²) in [4.78, 5) is 13.4. The molecule has 1 unspecified atom stereocenters. The SMILES string of the molecule is CC(C)C(C)C(=O)N(C)CCBr. The normalized spacial score (nSPS) is 13.2. The van der Waals surface area contributed by atoms with Gasteiger partial charge in [0.15, 0.2) is 0 Å². The first-order valence-electron chi connectivity index (χ1n) is 4.31. The van der Waals surface area contributed by atoms with Gasteiger partial charge in [-0.05, 0) is 5.92 Å². The van der Waals surface area contributed by atoms with Crippen LogP contribution >= 0.6 is 15.9 Å². The monoisotopic (exact) mass is 235 g/mol. The molecule has 0 fully saturated rings. The number of hydrogen-bond donors (Lipinski definition) is 0. The van der Waals surface area contributed by atoms with Gasteiger partial charge in [-0.15, -0.1) is 0 Å². The number of hydrogen-bond acceptors (Lipinski definition) is 1. The topological polar surface area (TPSA) is 20.3 Å². The fourth-order valence-corrected chi connectivity index (χ4v) is 1.40. The van der Waals surface area contributed by atoms with Gasteiger partial charge in [0.1, 0.15) is 0 Å². The van der Waals surface area contributed by atoms with Crippen LogP contribution in [0.4, 0.5) is 0 Å². The molecule has 0 bridgehead atoms. The van der Waals surface area contributed by atoms with Gasteiger partial charge in [0.2, 0.25) is 5.91 Å². The largest absolute Gasteiger partial charge is 0.345 e. The second-order valence-electron chi connectivity index (χ2n) is 3.48. The van der Waals surface area contributed by atoms with Crippen molar-refractivity contribution in [2.75, 3.05) is 18.9 Å². The minimum Gasteiger partial charge on any atom is -0.345 e. The third kappa shape index (κ3) is 3.57. The molecule has 72 valence electrons. The predicted octanol–water partition coefficient (Wildman–Crippen LogP) is 2.13.